The molecule has 0 bridgehead atoms. The van der Waals surface area contributed by atoms with Gasteiger partial charge in [-0.25, -0.2) is 13.2 Å². The van der Waals surface area contributed by atoms with Gasteiger partial charge in [0.05, 0.1) is 5.75 Å². The van der Waals surface area contributed by atoms with E-state index in [9.17, 15) is 18.0 Å². The summed E-state index contributed by atoms with van der Waals surface area (Å²) in [5.41, 5.74) is 0. The van der Waals surface area contributed by atoms with E-state index in [1.807, 2.05) is 0 Å². The Labute approximate surface area is 76.2 Å². The van der Waals surface area contributed by atoms with Gasteiger partial charge in [-0.1, -0.05) is 0 Å². The van der Waals surface area contributed by atoms with Crippen molar-refractivity contribution in [2.75, 3.05) is 19.8 Å². The molecule has 0 N–H and O–H groups in total. The maximum Gasteiger partial charge on any atom is 0.340 e. The molecule has 0 atom stereocenters. The summed E-state index contributed by atoms with van der Waals surface area (Å²) in [6.45, 7) is 0. The summed E-state index contributed by atoms with van der Waals surface area (Å²) in [7, 11) is -0.903. The van der Waals surface area contributed by atoms with Crippen molar-refractivity contribution in [3.8, 4) is 0 Å². The average Bonchev–Trinajstić information content (AvgIpc) is 2.25. The van der Waals surface area contributed by atoms with Crippen LogP contribution in [0.4, 0.5) is 4.79 Å². The van der Waals surface area contributed by atoms with Crippen molar-refractivity contribution in [2.45, 2.75) is 6.42 Å². The first kappa shape index (κ1) is 9.97. The van der Waals surface area contributed by atoms with E-state index in [2.05, 4.69) is 0 Å². The molecule has 13 heavy (non-hydrogen) atoms. The molecule has 7 heteroatoms. The zero-order valence-corrected chi connectivity index (χ0v) is 8.17. The fourth-order valence-electron chi connectivity index (χ4n) is 0.972. The van der Waals surface area contributed by atoms with E-state index in [4.69, 9.17) is 0 Å². The number of imide groups is 1. The Bertz CT molecular complexity index is 346. The van der Waals surface area contributed by atoms with E-state index in [0.717, 1.165) is 4.90 Å². The molecule has 0 saturated carbocycles. The van der Waals surface area contributed by atoms with Gasteiger partial charge in [-0.3, -0.25) is 4.79 Å². The second-order valence-electron chi connectivity index (χ2n) is 2.90. The van der Waals surface area contributed by atoms with E-state index in [-0.39, 0.29) is 12.2 Å². The number of hydrogen-bond donors (Lipinski definition) is 0. The van der Waals surface area contributed by atoms with Crippen LogP contribution in [0.1, 0.15) is 6.42 Å². The van der Waals surface area contributed by atoms with Crippen LogP contribution in [0.25, 0.3) is 0 Å². The normalized spacial score (nSPS) is 20.5. The second-order valence-corrected chi connectivity index (χ2v) is 4.84. The quantitative estimate of drug-likeness (QED) is 0.521. The van der Waals surface area contributed by atoms with Crippen LogP contribution in [-0.4, -0.2) is 49.4 Å². The number of amides is 3. The lowest BCUT2D eigenvalue weighted by Gasteiger charge is -2.17. The van der Waals surface area contributed by atoms with Crippen LogP contribution in [0, 0.1) is 0 Å². The molecule has 0 aromatic rings. The first-order valence-electron chi connectivity index (χ1n) is 3.63. The molecule has 1 heterocycles. The molecule has 0 aromatic heterocycles. The second kappa shape index (κ2) is 2.99. The standard InChI is InChI=1S/C6H10N2O4S/c1-7(2)6(10)8-5(9)3-4-13(8,11)12/h3-4H2,1-2H3. The number of hydrogen-bond acceptors (Lipinski definition) is 4. The molecular weight excluding hydrogens is 196 g/mol. The molecular formula is C6H10N2O4S. The van der Waals surface area contributed by atoms with Gasteiger partial charge in [0.25, 0.3) is 0 Å². The highest BCUT2D eigenvalue weighted by Gasteiger charge is 2.40. The topological polar surface area (TPSA) is 74.8 Å². The van der Waals surface area contributed by atoms with Crippen LogP contribution in [0.15, 0.2) is 0 Å². The van der Waals surface area contributed by atoms with Gasteiger partial charge in [0.1, 0.15) is 0 Å². The molecule has 1 saturated heterocycles. The summed E-state index contributed by atoms with van der Waals surface area (Å²) in [5, 5.41) is 0. The summed E-state index contributed by atoms with van der Waals surface area (Å²) in [5.74, 6) is -0.926. The lowest BCUT2D eigenvalue weighted by molar-refractivity contribution is -0.123. The molecule has 6 nitrogen and oxygen atoms in total. The fourth-order valence-corrected chi connectivity index (χ4v) is 2.39. The summed E-state index contributed by atoms with van der Waals surface area (Å²) < 4.78 is 22.7. The number of urea groups is 1. The highest BCUT2D eigenvalue weighted by atomic mass is 32.2. The van der Waals surface area contributed by atoms with Crippen molar-refractivity contribution in [1.82, 2.24) is 9.21 Å². The van der Waals surface area contributed by atoms with Gasteiger partial charge >= 0.3 is 6.03 Å². The first-order chi connectivity index (χ1) is 5.86. The lowest BCUT2D eigenvalue weighted by Crippen LogP contribution is -2.42. The van der Waals surface area contributed by atoms with Crippen LogP contribution in [0.3, 0.4) is 0 Å². The van der Waals surface area contributed by atoms with Crippen LogP contribution in [0.2, 0.25) is 0 Å². The Morgan fingerprint density at radius 3 is 2.31 bits per heavy atom. The number of nitrogens with zero attached hydrogens (tertiary/aromatic N) is 2. The summed E-state index contributed by atoms with van der Waals surface area (Å²) in [6.07, 6.45) is -0.109. The van der Waals surface area contributed by atoms with Crippen LogP contribution < -0.4 is 0 Å². The van der Waals surface area contributed by atoms with Gasteiger partial charge in [0.2, 0.25) is 15.9 Å². The molecule has 1 rings (SSSR count). The molecule has 74 valence electrons. The average molecular weight is 206 g/mol. The molecule has 0 radical (unpaired) electrons. The fraction of sp³-hybridized carbons (Fsp3) is 0.667. The van der Waals surface area contributed by atoms with E-state index in [0.29, 0.717) is 4.31 Å². The van der Waals surface area contributed by atoms with Gasteiger partial charge in [-0.05, 0) is 0 Å². The molecule has 3 amide bonds. The first-order valence-corrected chi connectivity index (χ1v) is 5.24. The Morgan fingerprint density at radius 2 is 2.00 bits per heavy atom. The zero-order valence-electron chi connectivity index (χ0n) is 7.35. The number of carbonyl (C=O) groups is 2. The molecule has 1 aliphatic rings. The zero-order chi connectivity index (χ0) is 10.2. The van der Waals surface area contributed by atoms with E-state index >= 15 is 0 Å². The minimum Gasteiger partial charge on any atom is -0.330 e. The maximum absolute atomic E-state index is 11.2. The van der Waals surface area contributed by atoms with Gasteiger partial charge in [0.15, 0.2) is 0 Å². The van der Waals surface area contributed by atoms with Crippen molar-refractivity contribution in [3.63, 3.8) is 0 Å². The lowest BCUT2D eigenvalue weighted by atomic mass is 10.4. The van der Waals surface area contributed by atoms with E-state index in [1.54, 1.807) is 0 Å². The molecule has 1 aliphatic heterocycles. The Kier molecular flexibility index (Phi) is 2.29. The predicted octanol–water partition coefficient (Wildman–Crippen LogP) is -0.770. The highest BCUT2D eigenvalue weighted by molar-refractivity contribution is 7.90. The SMILES string of the molecule is CN(C)C(=O)N1C(=O)CCS1(=O)=O. The third-order valence-corrected chi connectivity index (χ3v) is 3.27. The summed E-state index contributed by atoms with van der Waals surface area (Å²) in [4.78, 5) is 23.3. The van der Waals surface area contributed by atoms with E-state index < -0.39 is 22.0 Å². The predicted molar refractivity (Wildman–Crippen MR) is 44.3 cm³/mol. The van der Waals surface area contributed by atoms with E-state index in [1.165, 1.54) is 14.1 Å². The third-order valence-electron chi connectivity index (χ3n) is 1.63. The molecule has 1 fully saturated rings. The molecule has 0 aromatic carbocycles. The number of carbonyl (C=O) groups excluding carboxylic acids is 2. The molecule has 0 aliphatic carbocycles. The minimum atomic E-state index is -3.69. The number of sulfonamides is 1. The molecule has 0 unspecified atom stereocenters. The van der Waals surface area contributed by atoms with Crippen molar-refractivity contribution < 1.29 is 18.0 Å². The van der Waals surface area contributed by atoms with Gasteiger partial charge in [-0.2, -0.15) is 4.31 Å². The maximum atomic E-state index is 11.2. The Hall–Kier alpha value is -1.11. The van der Waals surface area contributed by atoms with Gasteiger partial charge in [-0.15, -0.1) is 0 Å². The Morgan fingerprint density at radius 1 is 1.46 bits per heavy atom. The largest absolute Gasteiger partial charge is 0.340 e. The summed E-state index contributed by atoms with van der Waals surface area (Å²) in [6, 6.07) is -0.803. The van der Waals surface area contributed by atoms with Crippen molar-refractivity contribution >= 4 is 22.0 Å². The van der Waals surface area contributed by atoms with Crippen molar-refractivity contribution in [1.29, 1.82) is 0 Å². The number of rotatable bonds is 0. The van der Waals surface area contributed by atoms with Crippen LogP contribution in [-0.2, 0) is 14.8 Å². The molecule has 0 spiro atoms. The summed E-state index contributed by atoms with van der Waals surface area (Å²) >= 11 is 0. The van der Waals surface area contributed by atoms with Gasteiger partial charge < -0.3 is 4.90 Å². The Balaban J connectivity index is 3.03. The third kappa shape index (κ3) is 1.64. The monoisotopic (exact) mass is 206 g/mol. The van der Waals surface area contributed by atoms with Crippen molar-refractivity contribution in [3.05, 3.63) is 0 Å². The van der Waals surface area contributed by atoms with Crippen LogP contribution >= 0.6 is 0 Å². The van der Waals surface area contributed by atoms with Crippen molar-refractivity contribution in [2.24, 2.45) is 0 Å². The smallest absolute Gasteiger partial charge is 0.330 e. The minimum absolute atomic E-state index is 0.109. The van der Waals surface area contributed by atoms with Gasteiger partial charge in [0, 0.05) is 20.5 Å². The highest BCUT2D eigenvalue weighted by Crippen LogP contribution is 2.16. The van der Waals surface area contributed by atoms with Crippen LogP contribution in [0.5, 0.6) is 0 Å².